The first-order chi connectivity index (χ1) is 6.49. The maximum absolute atomic E-state index is 11.9. The first-order valence-corrected chi connectivity index (χ1v) is 4.19. The fourth-order valence-corrected chi connectivity index (χ4v) is 1.04. The normalized spacial score (nSPS) is 14.0. The molecule has 0 aliphatic rings. The molecule has 0 radical (unpaired) electrons. The molecule has 14 heavy (non-hydrogen) atoms. The summed E-state index contributed by atoms with van der Waals surface area (Å²) < 4.78 is 35.6. The molecular weight excluding hydrogens is 193 g/mol. The highest BCUT2D eigenvalue weighted by atomic mass is 19.4. The molecule has 0 unspecified atom stereocenters. The lowest BCUT2D eigenvalue weighted by Gasteiger charge is -2.15. The predicted molar refractivity (Wildman–Crippen MR) is 46.7 cm³/mol. The number of alkyl halides is 3. The summed E-state index contributed by atoms with van der Waals surface area (Å²) in [7, 11) is 0. The maximum Gasteiger partial charge on any atom is 0.401 e. The van der Waals surface area contributed by atoms with Crippen molar-refractivity contribution in [3.05, 3.63) is 30.1 Å². The van der Waals surface area contributed by atoms with Gasteiger partial charge in [0.25, 0.3) is 0 Å². The molecule has 5 heteroatoms. The molecule has 1 rings (SSSR count). The molecular formula is C9H11F3N2. The van der Waals surface area contributed by atoms with E-state index >= 15 is 0 Å². The Hall–Kier alpha value is -1.10. The molecule has 78 valence electrons. The van der Waals surface area contributed by atoms with Crippen molar-refractivity contribution in [3.8, 4) is 0 Å². The Bertz CT molecular complexity index is 271. The highest BCUT2D eigenvalue weighted by molar-refractivity contribution is 5.13. The molecule has 1 heterocycles. The molecule has 0 saturated carbocycles. The van der Waals surface area contributed by atoms with Crippen LogP contribution in [0.25, 0.3) is 0 Å². The van der Waals surface area contributed by atoms with E-state index in [1.165, 1.54) is 0 Å². The predicted octanol–water partition coefficient (Wildman–Crippen LogP) is 2.29. The number of halogens is 3. The Morgan fingerprint density at radius 3 is 2.43 bits per heavy atom. The van der Waals surface area contributed by atoms with E-state index in [0.29, 0.717) is 0 Å². The largest absolute Gasteiger partial charge is 0.401 e. The minimum Gasteiger partial charge on any atom is -0.302 e. The summed E-state index contributed by atoms with van der Waals surface area (Å²) in [6.07, 6.45) is -1.05. The number of hydrogen-bond donors (Lipinski definition) is 1. The van der Waals surface area contributed by atoms with Gasteiger partial charge in [-0.1, -0.05) is 0 Å². The van der Waals surface area contributed by atoms with Crippen LogP contribution in [0, 0.1) is 0 Å². The topological polar surface area (TPSA) is 24.9 Å². The minimum absolute atomic E-state index is 0.320. The molecule has 2 nitrogen and oxygen atoms in total. The van der Waals surface area contributed by atoms with Crippen molar-refractivity contribution in [2.45, 2.75) is 19.1 Å². The van der Waals surface area contributed by atoms with Crippen LogP contribution >= 0.6 is 0 Å². The van der Waals surface area contributed by atoms with Crippen LogP contribution in [0.1, 0.15) is 18.5 Å². The summed E-state index contributed by atoms with van der Waals surface area (Å²) in [5.41, 5.74) is 0.796. The zero-order valence-corrected chi connectivity index (χ0v) is 7.67. The Labute approximate surface area is 80.2 Å². The van der Waals surface area contributed by atoms with E-state index in [-0.39, 0.29) is 6.04 Å². The van der Waals surface area contributed by atoms with Gasteiger partial charge in [0.05, 0.1) is 6.54 Å². The number of aromatic nitrogens is 1. The van der Waals surface area contributed by atoms with Gasteiger partial charge in [-0.3, -0.25) is 4.98 Å². The molecule has 0 aromatic carbocycles. The van der Waals surface area contributed by atoms with Crippen LogP contribution in [0.15, 0.2) is 24.5 Å². The summed E-state index contributed by atoms with van der Waals surface area (Å²) in [5, 5.41) is 2.39. The highest BCUT2D eigenvalue weighted by Crippen LogP contribution is 2.16. The first-order valence-electron chi connectivity index (χ1n) is 4.19. The average Bonchev–Trinajstić information content (AvgIpc) is 2.14. The molecule has 0 saturated heterocycles. The lowest BCUT2D eigenvalue weighted by atomic mass is 10.1. The third-order valence-electron chi connectivity index (χ3n) is 1.81. The molecule has 0 fully saturated rings. The second-order valence-corrected chi connectivity index (χ2v) is 3.00. The third kappa shape index (κ3) is 3.74. The second kappa shape index (κ2) is 4.41. The van der Waals surface area contributed by atoms with Gasteiger partial charge in [0.2, 0.25) is 0 Å². The lowest BCUT2D eigenvalue weighted by molar-refractivity contribution is -0.126. The van der Waals surface area contributed by atoms with Gasteiger partial charge >= 0.3 is 6.18 Å². The van der Waals surface area contributed by atoms with Crippen molar-refractivity contribution in [1.82, 2.24) is 10.3 Å². The van der Waals surface area contributed by atoms with E-state index < -0.39 is 12.7 Å². The summed E-state index contributed by atoms with van der Waals surface area (Å²) in [4.78, 5) is 3.79. The fourth-order valence-electron chi connectivity index (χ4n) is 1.04. The van der Waals surface area contributed by atoms with Crippen LogP contribution in [-0.4, -0.2) is 17.7 Å². The van der Waals surface area contributed by atoms with E-state index in [4.69, 9.17) is 0 Å². The Balaban J connectivity index is 2.48. The quantitative estimate of drug-likeness (QED) is 0.817. The van der Waals surface area contributed by atoms with Gasteiger partial charge in [0.1, 0.15) is 0 Å². The monoisotopic (exact) mass is 204 g/mol. The number of hydrogen-bond acceptors (Lipinski definition) is 2. The van der Waals surface area contributed by atoms with Gasteiger partial charge in [0.15, 0.2) is 0 Å². The van der Waals surface area contributed by atoms with Crippen LogP contribution in [0.4, 0.5) is 13.2 Å². The van der Waals surface area contributed by atoms with Crippen LogP contribution in [-0.2, 0) is 0 Å². The van der Waals surface area contributed by atoms with Crippen LogP contribution in [0.2, 0.25) is 0 Å². The van der Waals surface area contributed by atoms with Crippen LogP contribution < -0.4 is 5.32 Å². The number of pyridine rings is 1. The standard InChI is InChI=1S/C9H11F3N2/c1-7(14-6-9(10,11)12)8-2-4-13-5-3-8/h2-5,7,14H,6H2,1H3/t7-/m0/s1. The summed E-state index contributed by atoms with van der Waals surface area (Å²) in [5.74, 6) is 0. The number of rotatable bonds is 3. The average molecular weight is 204 g/mol. The van der Waals surface area contributed by atoms with E-state index in [9.17, 15) is 13.2 Å². The first kappa shape index (κ1) is 11.0. The summed E-state index contributed by atoms with van der Waals surface area (Å²) in [6, 6.07) is 3.06. The second-order valence-electron chi connectivity index (χ2n) is 3.00. The van der Waals surface area contributed by atoms with Gasteiger partial charge in [-0.05, 0) is 24.6 Å². The molecule has 0 aliphatic carbocycles. The minimum atomic E-state index is -4.17. The van der Waals surface area contributed by atoms with Crippen molar-refractivity contribution >= 4 is 0 Å². The van der Waals surface area contributed by atoms with Gasteiger partial charge < -0.3 is 5.32 Å². The third-order valence-corrected chi connectivity index (χ3v) is 1.81. The van der Waals surface area contributed by atoms with Crippen molar-refractivity contribution in [2.75, 3.05) is 6.54 Å². The van der Waals surface area contributed by atoms with E-state index in [2.05, 4.69) is 10.3 Å². The van der Waals surface area contributed by atoms with Crippen molar-refractivity contribution < 1.29 is 13.2 Å². The van der Waals surface area contributed by atoms with Crippen LogP contribution in [0.5, 0.6) is 0 Å². The number of nitrogens with zero attached hydrogens (tertiary/aromatic N) is 1. The molecule has 1 aromatic heterocycles. The smallest absolute Gasteiger partial charge is 0.302 e. The molecule has 1 aromatic rings. The molecule has 0 spiro atoms. The molecule has 0 aliphatic heterocycles. The highest BCUT2D eigenvalue weighted by Gasteiger charge is 2.27. The van der Waals surface area contributed by atoms with Gasteiger partial charge in [-0.2, -0.15) is 13.2 Å². The molecule has 1 N–H and O–H groups in total. The SMILES string of the molecule is C[C@H](NCC(F)(F)F)c1ccncc1. The van der Waals surface area contributed by atoms with Crippen LogP contribution in [0.3, 0.4) is 0 Å². The fraction of sp³-hybridized carbons (Fsp3) is 0.444. The van der Waals surface area contributed by atoms with E-state index in [1.54, 1.807) is 31.5 Å². The Morgan fingerprint density at radius 2 is 1.93 bits per heavy atom. The van der Waals surface area contributed by atoms with Gasteiger partial charge in [0, 0.05) is 18.4 Å². The Morgan fingerprint density at radius 1 is 1.36 bits per heavy atom. The van der Waals surface area contributed by atoms with Crippen molar-refractivity contribution in [1.29, 1.82) is 0 Å². The Kier molecular flexibility index (Phi) is 3.46. The van der Waals surface area contributed by atoms with E-state index in [0.717, 1.165) is 5.56 Å². The maximum atomic E-state index is 11.9. The zero-order valence-electron chi connectivity index (χ0n) is 7.67. The van der Waals surface area contributed by atoms with E-state index in [1.807, 2.05) is 0 Å². The lowest BCUT2D eigenvalue weighted by Crippen LogP contribution is -2.30. The molecule has 0 amide bonds. The summed E-state index contributed by atoms with van der Waals surface area (Å²) in [6.45, 7) is 0.706. The number of nitrogens with one attached hydrogen (secondary N) is 1. The zero-order chi connectivity index (χ0) is 10.6. The van der Waals surface area contributed by atoms with Gasteiger partial charge in [-0.25, -0.2) is 0 Å². The summed E-state index contributed by atoms with van der Waals surface area (Å²) >= 11 is 0. The van der Waals surface area contributed by atoms with Crippen molar-refractivity contribution in [2.24, 2.45) is 0 Å². The molecule has 0 bridgehead atoms. The van der Waals surface area contributed by atoms with Gasteiger partial charge in [-0.15, -0.1) is 0 Å². The van der Waals surface area contributed by atoms with Crippen molar-refractivity contribution in [3.63, 3.8) is 0 Å². The molecule has 1 atom stereocenters.